The van der Waals surface area contributed by atoms with Gasteiger partial charge in [-0.2, -0.15) is 14.8 Å². The number of phenolic OH excluding ortho intramolecular Hbond substituents is 1. The first kappa shape index (κ1) is 29.6. The molecule has 5 nitrogen and oxygen atoms in total. The number of para-hydroxylation sites is 1. The first-order valence-electron chi connectivity index (χ1n) is 8.54. The Morgan fingerprint density at radius 2 is 1.20 bits per heavy atom. The molecule has 0 saturated heterocycles. The predicted octanol–water partition coefficient (Wildman–Crippen LogP) is 2.48. The number of benzene rings is 1. The Balaban J connectivity index is -0.000000316. The van der Waals surface area contributed by atoms with Crippen molar-refractivity contribution in [2.75, 3.05) is 0 Å². The molecule has 0 aliphatic heterocycles. The van der Waals surface area contributed by atoms with E-state index in [9.17, 15) is 0 Å². The van der Waals surface area contributed by atoms with Gasteiger partial charge in [0, 0.05) is 0 Å². The summed E-state index contributed by atoms with van der Waals surface area (Å²) < 4.78 is 31.6. The summed E-state index contributed by atoms with van der Waals surface area (Å²) in [5.41, 5.74) is 0. The second-order valence-corrected chi connectivity index (χ2v) is 6.36. The molecule has 7 heteroatoms. The molecule has 1 aromatic carbocycles. The minimum Gasteiger partial charge on any atom is -0.508 e. The molecule has 0 aliphatic rings. The van der Waals surface area contributed by atoms with Gasteiger partial charge in [0.2, 0.25) is 0 Å². The van der Waals surface area contributed by atoms with Gasteiger partial charge in [-0.3, -0.25) is 9.11 Å². The molecule has 1 rings (SSSR count). The van der Waals surface area contributed by atoms with Crippen molar-refractivity contribution in [2.45, 2.75) is 71.1 Å². The SMILES string of the molecule is O=S(=O)(O)O.Oc1ccccc1.[CH2-]CCCCCCCCCCC.[Na+]. The average molecular weight is 385 g/mol. The third-order valence-electron chi connectivity index (χ3n) is 3.11. The summed E-state index contributed by atoms with van der Waals surface area (Å²) in [6.45, 7) is 6.12. The van der Waals surface area contributed by atoms with Crippen LogP contribution in [0.2, 0.25) is 0 Å². The van der Waals surface area contributed by atoms with Gasteiger partial charge in [-0.15, -0.1) is 0 Å². The van der Waals surface area contributed by atoms with Crippen molar-refractivity contribution in [1.29, 1.82) is 0 Å². The maximum absolute atomic E-state index is 8.74. The number of unbranched alkanes of at least 4 members (excludes halogenated alkanes) is 9. The van der Waals surface area contributed by atoms with Crippen LogP contribution in [-0.4, -0.2) is 22.6 Å². The largest absolute Gasteiger partial charge is 1.00 e. The molecule has 0 amide bonds. The fourth-order valence-corrected chi connectivity index (χ4v) is 1.92. The van der Waals surface area contributed by atoms with Crippen LogP contribution in [0.25, 0.3) is 0 Å². The Morgan fingerprint density at radius 3 is 1.48 bits per heavy atom. The molecule has 1 aromatic rings. The van der Waals surface area contributed by atoms with E-state index < -0.39 is 10.4 Å². The minimum absolute atomic E-state index is 0. The van der Waals surface area contributed by atoms with Gasteiger partial charge in [0.05, 0.1) is 0 Å². The Kier molecular flexibility index (Phi) is 26.0. The topological polar surface area (TPSA) is 94.8 Å². The molecule has 0 spiro atoms. The van der Waals surface area contributed by atoms with Gasteiger partial charge in [-0.05, 0) is 12.1 Å². The first-order chi connectivity index (χ1) is 11.3. The predicted molar refractivity (Wildman–Crippen MR) is 99.5 cm³/mol. The molecule has 142 valence electrons. The van der Waals surface area contributed by atoms with Gasteiger partial charge in [-0.25, -0.2) is 0 Å². The van der Waals surface area contributed by atoms with E-state index in [0.29, 0.717) is 5.75 Å². The molecule has 0 bridgehead atoms. The molecule has 0 heterocycles. The van der Waals surface area contributed by atoms with Gasteiger partial charge in [0.15, 0.2) is 0 Å². The molecule has 0 radical (unpaired) electrons. The molecule has 0 fully saturated rings. The van der Waals surface area contributed by atoms with Crippen LogP contribution >= 0.6 is 0 Å². The van der Waals surface area contributed by atoms with Gasteiger partial charge >= 0.3 is 40.0 Å². The maximum Gasteiger partial charge on any atom is 1.00 e. The number of aromatic hydroxyl groups is 1. The second kappa shape index (κ2) is 21.9. The molecule has 0 aliphatic carbocycles. The number of hydrogen-bond donors (Lipinski definition) is 3. The third kappa shape index (κ3) is 40.1. The van der Waals surface area contributed by atoms with Crippen LogP contribution in [0.3, 0.4) is 0 Å². The van der Waals surface area contributed by atoms with E-state index in [4.69, 9.17) is 22.6 Å². The van der Waals surface area contributed by atoms with Crippen LogP contribution in [0.5, 0.6) is 5.75 Å². The van der Waals surface area contributed by atoms with Crippen LogP contribution in [0.1, 0.15) is 71.1 Å². The smallest absolute Gasteiger partial charge is 0.508 e. The van der Waals surface area contributed by atoms with Crippen molar-refractivity contribution in [3.05, 3.63) is 37.3 Å². The van der Waals surface area contributed by atoms with Crippen molar-refractivity contribution < 1.29 is 52.2 Å². The van der Waals surface area contributed by atoms with Crippen LogP contribution in [0.15, 0.2) is 30.3 Å². The van der Waals surface area contributed by atoms with E-state index >= 15 is 0 Å². The molecular weight excluding hydrogens is 351 g/mol. The quantitative estimate of drug-likeness (QED) is 0.263. The van der Waals surface area contributed by atoms with Gasteiger partial charge < -0.3 is 12.0 Å². The average Bonchev–Trinajstić information content (AvgIpc) is 2.50. The number of phenols is 1. The molecule has 0 unspecified atom stereocenters. The van der Waals surface area contributed by atoms with E-state index in [2.05, 4.69) is 13.8 Å². The monoisotopic (exact) mass is 384 g/mol. The third-order valence-corrected chi connectivity index (χ3v) is 3.11. The molecule has 0 atom stereocenters. The van der Waals surface area contributed by atoms with Gasteiger partial charge in [0.25, 0.3) is 0 Å². The zero-order valence-electron chi connectivity index (χ0n) is 15.7. The molecule has 0 saturated carbocycles. The summed E-state index contributed by atoms with van der Waals surface area (Å²) >= 11 is 0. The summed E-state index contributed by atoms with van der Waals surface area (Å²) in [6, 6.07) is 8.71. The van der Waals surface area contributed by atoms with Crippen molar-refractivity contribution in [1.82, 2.24) is 0 Å². The maximum atomic E-state index is 8.74. The summed E-state index contributed by atoms with van der Waals surface area (Å²) in [5, 5.41) is 8.63. The fraction of sp³-hybridized carbons (Fsp3) is 0.611. The second-order valence-electron chi connectivity index (χ2n) is 5.47. The molecule has 3 N–H and O–H groups in total. The standard InChI is InChI=1S/C12H25.C6H6O.Na.H2O4S/c1-3-5-7-9-11-12-10-8-6-4-2;7-6-4-2-1-3-5-6;;1-5(2,3)4/h1,3-12H2,2H3;1-5,7H;;(H2,1,2,3,4)/q-1;;+1;. The number of rotatable bonds is 9. The summed E-state index contributed by atoms with van der Waals surface area (Å²) in [7, 11) is -4.67. The van der Waals surface area contributed by atoms with E-state index in [1.165, 1.54) is 57.8 Å². The minimum atomic E-state index is -4.67. The van der Waals surface area contributed by atoms with Gasteiger partial charge in [0.1, 0.15) is 5.75 Å². The Labute approximate surface area is 176 Å². The summed E-state index contributed by atoms with van der Waals surface area (Å²) in [4.78, 5) is 0. The van der Waals surface area contributed by atoms with E-state index in [0.717, 1.165) is 6.42 Å². The molecular formula is C18H33NaO5S. The fourth-order valence-electron chi connectivity index (χ4n) is 1.92. The Hall–Kier alpha value is -0.110. The zero-order valence-corrected chi connectivity index (χ0v) is 18.5. The first-order valence-corrected chi connectivity index (χ1v) is 9.94. The number of hydrogen-bond acceptors (Lipinski definition) is 3. The van der Waals surface area contributed by atoms with E-state index in [-0.39, 0.29) is 29.6 Å². The molecule has 25 heavy (non-hydrogen) atoms. The van der Waals surface area contributed by atoms with Gasteiger partial charge in [-0.1, -0.05) is 82.9 Å². The van der Waals surface area contributed by atoms with Crippen molar-refractivity contribution in [3.8, 4) is 5.75 Å². The summed E-state index contributed by atoms with van der Waals surface area (Å²) in [6.07, 6.45) is 13.9. The van der Waals surface area contributed by atoms with Crippen LogP contribution < -0.4 is 29.6 Å². The van der Waals surface area contributed by atoms with E-state index in [1.807, 2.05) is 6.07 Å². The normalized spacial score (nSPS) is 9.76. The van der Waals surface area contributed by atoms with Crippen LogP contribution in [0.4, 0.5) is 0 Å². The van der Waals surface area contributed by atoms with E-state index in [1.54, 1.807) is 24.3 Å². The Morgan fingerprint density at radius 1 is 0.840 bits per heavy atom. The van der Waals surface area contributed by atoms with Crippen molar-refractivity contribution in [3.63, 3.8) is 0 Å². The Bertz CT molecular complexity index is 434. The zero-order chi connectivity index (χ0) is 18.7. The molecule has 0 aromatic heterocycles. The summed E-state index contributed by atoms with van der Waals surface area (Å²) in [5.74, 6) is 0.322. The van der Waals surface area contributed by atoms with Crippen molar-refractivity contribution >= 4 is 10.4 Å². The van der Waals surface area contributed by atoms with Crippen molar-refractivity contribution in [2.24, 2.45) is 0 Å². The van der Waals surface area contributed by atoms with Crippen LogP contribution in [0, 0.1) is 6.92 Å². The van der Waals surface area contributed by atoms with Crippen LogP contribution in [-0.2, 0) is 10.4 Å².